The van der Waals surface area contributed by atoms with Gasteiger partial charge in [0.25, 0.3) is 5.91 Å². The molecule has 31 heavy (non-hydrogen) atoms. The summed E-state index contributed by atoms with van der Waals surface area (Å²) in [5, 5.41) is 6.29. The Morgan fingerprint density at radius 1 is 0.935 bits per heavy atom. The third kappa shape index (κ3) is 5.19. The van der Waals surface area contributed by atoms with Gasteiger partial charge in [0.2, 0.25) is 5.95 Å². The summed E-state index contributed by atoms with van der Waals surface area (Å²) in [4.78, 5) is 23.9. The highest BCUT2D eigenvalue weighted by Crippen LogP contribution is 2.21. The van der Waals surface area contributed by atoms with Gasteiger partial charge in [-0.15, -0.1) is 0 Å². The first-order valence-corrected chi connectivity index (χ1v) is 10.4. The van der Waals surface area contributed by atoms with Gasteiger partial charge in [-0.05, 0) is 56.7 Å². The second-order valence-electron chi connectivity index (χ2n) is 7.77. The standard InChI is InChI=1S/C24H27N5O2/c1-16-4-9-21(17(2)14-16)23(30)27-20-7-5-19(6-8-20)26-22-15-18(3)25-24(28-22)29-10-12-31-13-11-29/h4-9,14-15H,10-13H2,1-3H3,(H,27,30)(H,25,26,28). The third-order valence-corrected chi connectivity index (χ3v) is 5.18. The van der Waals surface area contributed by atoms with Gasteiger partial charge in [-0.3, -0.25) is 4.79 Å². The minimum absolute atomic E-state index is 0.111. The zero-order valence-electron chi connectivity index (χ0n) is 18.1. The number of hydrogen-bond acceptors (Lipinski definition) is 6. The van der Waals surface area contributed by atoms with E-state index in [0.29, 0.717) is 24.7 Å². The molecule has 1 aliphatic rings. The Morgan fingerprint density at radius 3 is 2.35 bits per heavy atom. The number of hydrogen-bond donors (Lipinski definition) is 2. The second kappa shape index (κ2) is 9.14. The molecule has 1 amide bonds. The quantitative estimate of drug-likeness (QED) is 0.647. The molecule has 0 bridgehead atoms. The molecular weight excluding hydrogens is 390 g/mol. The van der Waals surface area contributed by atoms with E-state index in [0.717, 1.165) is 47.1 Å². The maximum atomic E-state index is 12.6. The van der Waals surface area contributed by atoms with Crippen molar-refractivity contribution in [3.8, 4) is 0 Å². The number of aryl methyl sites for hydroxylation is 3. The van der Waals surface area contributed by atoms with Crippen LogP contribution < -0.4 is 15.5 Å². The van der Waals surface area contributed by atoms with E-state index in [1.165, 1.54) is 0 Å². The summed E-state index contributed by atoms with van der Waals surface area (Å²) in [6, 6.07) is 15.3. The molecule has 0 atom stereocenters. The number of anilines is 4. The summed E-state index contributed by atoms with van der Waals surface area (Å²) in [6.07, 6.45) is 0. The van der Waals surface area contributed by atoms with E-state index in [4.69, 9.17) is 4.74 Å². The highest BCUT2D eigenvalue weighted by Gasteiger charge is 2.15. The fourth-order valence-electron chi connectivity index (χ4n) is 3.57. The molecule has 0 spiro atoms. The smallest absolute Gasteiger partial charge is 0.255 e. The molecule has 7 heteroatoms. The molecule has 160 valence electrons. The van der Waals surface area contributed by atoms with Crippen molar-refractivity contribution >= 4 is 29.0 Å². The average molecular weight is 418 g/mol. The van der Waals surface area contributed by atoms with Gasteiger partial charge in [0, 0.05) is 41.8 Å². The first kappa shape index (κ1) is 20.8. The van der Waals surface area contributed by atoms with Gasteiger partial charge in [-0.1, -0.05) is 17.7 Å². The number of nitrogens with zero attached hydrogens (tertiary/aromatic N) is 3. The molecule has 2 aromatic carbocycles. The average Bonchev–Trinajstić information content (AvgIpc) is 2.75. The van der Waals surface area contributed by atoms with Crippen LogP contribution in [0.2, 0.25) is 0 Å². The Morgan fingerprint density at radius 2 is 1.65 bits per heavy atom. The molecule has 1 aliphatic heterocycles. The molecule has 3 aromatic rings. The zero-order chi connectivity index (χ0) is 21.8. The molecule has 2 N–H and O–H groups in total. The minimum Gasteiger partial charge on any atom is -0.378 e. The summed E-state index contributed by atoms with van der Waals surface area (Å²) in [5.74, 6) is 1.34. The maximum Gasteiger partial charge on any atom is 0.255 e. The Bertz CT molecular complexity index is 1080. The number of nitrogens with one attached hydrogen (secondary N) is 2. The third-order valence-electron chi connectivity index (χ3n) is 5.18. The van der Waals surface area contributed by atoms with Crippen LogP contribution in [0.3, 0.4) is 0 Å². The van der Waals surface area contributed by atoms with E-state index in [9.17, 15) is 4.79 Å². The van der Waals surface area contributed by atoms with Gasteiger partial charge >= 0.3 is 0 Å². The van der Waals surface area contributed by atoms with Crippen molar-refractivity contribution in [2.24, 2.45) is 0 Å². The number of aromatic nitrogens is 2. The van der Waals surface area contributed by atoms with Crippen molar-refractivity contribution in [1.82, 2.24) is 9.97 Å². The van der Waals surface area contributed by atoms with Crippen LogP contribution in [0.4, 0.5) is 23.1 Å². The van der Waals surface area contributed by atoms with E-state index >= 15 is 0 Å². The predicted octanol–water partition coefficient (Wildman–Crippen LogP) is 4.23. The Labute approximate surface area is 182 Å². The van der Waals surface area contributed by atoms with Crippen molar-refractivity contribution in [3.63, 3.8) is 0 Å². The van der Waals surface area contributed by atoms with Crippen molar-refractivity contribution < 1.29 is 9.53 Å². The number of morpholine rings is 1. The van der Waals surface area contributed by atoms with Gasteiger partial charge in [-0.25, -0.2) is 4.98 Å². The summed E-state index contributed by atoms with van der Waals surface area (Å²) in [6.45, 7) is 8.88. The van der Waals surface area contributed by atoms with Crippen LogP contribution in [0.1, 0.15) is 27.2 Å². The van der Waals surface area contributed by atoms with Crippen LogP contribution in [0.25, 0.3) is 0 Å². The molecule has 1 aromatic heterocycles. The number of ether oxygens (including phenoxy) is 1. The van der Waals surface area contributed by atoms with E-state index in [-0.39, 0.29) is 5.91 Å². The number of benzene rings is 2. The molecule has 2 heterocycles. The lowest BCUT2D eigenvalue weighted by Gasteiger charge is -2.27. The molecule has 0 unspecified atom stereocenters. The summed E-state index contributed by atoms with van der Waals surface area (Å²) in [7, 11) is 0. The predicted molar refractivity (Wildman–Crippen MR) is 123 cm³/mol. The molecule has 1 saturated heterocycles. The lowest BCUT2D eigenvalue weighted by molar-refractivity contribution is 0.102. The normalized spacial score (nSPS) is 13.7. The lowest BCUT2D eigenvalue weighted by atomic mass is 10.1. The SMILES string of the molecule is Cc1ccc(C(=O)Nc2ccc(Nc3cc(C)nc(N4CCOCC4)n3)cc2)c(C)c1. The van der Waals surface area contributed by atoms with Gasteiger partial charge in [0.15, 0.2) is 0 Å². The number of carbonyl (C=O) groups is 1. The summed E-state index contributed by atoms with van der Waals surface area (Å²) >= 11 is 0. The topological polar surface area (TPSA) is 79.4 Å². The first-order valence-electron chi connectivity index (χ1n) is 10.4. The molecule has 7 nitrogen and oxygen atoms in total. The second-order valence-corrected chi connectivity index (χ2v) is 7.77. The maximum absolute atomic E-state index is 12.6. The fourth-order valence-corrected chi connectivity index (χ4v) is 3.57. The summed E-state index contributed by atoms with van der Waals surface area (Å²) < 4.78 is 5.41. The Balaban J connectivity index is 1.44. The van der Waals surface area contributed by atoms with E-state index in [2.05, 4.69) is 25.5 Å². The van der Waals surface area contributed by atoms with Gasteiger partial charge in [-0.2, -0.15) is 4.98 Å². The molecule has 0 aliphatic carbocycles. The molecule has 0 radical (unpaired) electrons. The van der Waals surface area contributed by atoms with E-state index < -0.39 is 0 Å². The zero-order valence-corrected chi connectivity index (χ0v) is 18.1. The van der Waals surface area contributed by atoms with Crippen molar-refractivity contribution in [2.75, 3.05) is 41.8 Å². The van der Waals surface area contributed by atoms with Crippen LogP contribution in [0.5, 0.6) is 0 Å². The van der Waals surface area contributed by atoms with E-state index in [1.54, 1.807) is 0 Å². The van der Waals surface area contributed by atoms with Crippen LogP contribution in [0, 0.1) is 20.8 Å². The number of carbonyl (C=O) groups excluding carboxylic acids is 1. The highest BCUT2D eigenvalue weighted by atomic mass is 16.5. The highest BCUT2D eigenvalue weighted by molar-refractivity contribution is 6.05. The van der Waals surface area contributed by atoms with Crippen LogP contribution >= 0.6 is 0 Å². The van der Waals surface area contributed by atoms with E-state index in [1.807, 2.05) is 69.3 Å². The Kier molecular flexibility index (Phi) is 6.13. The molecule has 0 saturated carbocycles. The minimum atomic E-state index is -0.111. The molecular formula is C24H27N5O2. The first-order chi connectivity index (χ1) is 15.0. The van der Waals surface area contributed by atoms with Crippen molar-refractivity contribution in [3.05, 3.63) is 70.9 Å². The van der Waals surface area contributed by atoms with Gasteiger partial charge in [0.1, 0.15) is 5.82 Å². The van der Waals surface area contributed by atoms with Gasteiger partial charge < -0.3 is 20.3 Å². The Hall–Kier alpha value is -3.45. The van der Waals surface area contributed by atoms with Crippen LogP contribution in [-0.4, -0.2) is 42.2 Å². The van der Waals surface area contributed by atoms with Gasteiger partial charge in [0.05, 0.1) is 13.2 Å². The van der Waals surface area contributed by atoms with Crippen molar-refractivity contribution in [2.45, 2.75) is 20.8 Å². The molecule has 1 fully saturated rings. The van der Waals surface area contributed by atoms with Crippen LogP contribution in [0.15, 0.2) is 48.5 Å². The van der Waals surface area contributed by atoms with Crippen molar-refractivity contribution in [1.29, 1.82) is 0 Å². The van der Waals surface area contributed by atoms with Crippen LogP contribution in [-0.2, 0) is 4.74 Å². The monoisotopic (exact) mass is 417 g/mol. The number of rotatable bonds is 5. The largest absolute Gasteiger partial charge is 0.378 e. The molecule has 4 rings (SSSR count). The lowest BCUT2D eigenvalue weighted by Crippen LogP contribution is -2.37. The number of amides is 1. The summed E-state index contributed by atoms with van der Waals surface area (Å²) in [5.41, 5.74) is 5.31. The fraction of sp³-hybridized carbons (Fsp3) is 0.292.